The molecule has 0 radical (unpaired) electrons. The number of carbonyl (C=O) groups is 1. The Balaban J connectivity index is 1.45. The van der Waals surface area contributed by atoms with Gasteiger partial charge in [0.1, 0.15) is 11.2 Å². The van der Waals surface area contributed by atoms with Gasteiger partial charge in [-0.2, -0.15) is 5.10 Å². The summed E-state index contributed by atoms with van der Waals surface area (Å²) in [6.45, 7) is 1.46. The third-order valence-electron chi connectivity index (χ3n) is 4.76. The standard InChI is InChI=1S/C19H20FN5O3/c20-13-3-5-14(6-4-13)25-18-16(11-23-25)19(27)24(12-22-18)8-7-17(26)21-10-15-2-1-9-28-15/h3-6,11-12,15H,1-2,7-10H2,(H,21,26). The van der Waals surface area contributed by atoms with E-state index in [0.29, 0.717) is 23.3 Å². The quantitative estimate of drug-likeness (QED) is 0.693. The van der Waals surface area contributed by atoms with Crippen LogP contribution in [0.3, 0.4) is 0 Å². The van der Waals surface area contributed by atoms with E-state index in [4.69, 9.17) is 4.74 Å². The molecule has 1 aliphatic rings. The van der Waals surface area contributed by atoms with Gasteiger partial charge in [-0.3, -0.25) is 14.2 Å². The molecule has 1 aromatic carbocycles. The van der Waals surface area contributed by atoms with Gasteiger partial charge < -0.3 is 10.1 Å². The van der Waals surface area contributed by atoms with E-state index >= 15 is 0 Å². The van der Waals surface area contributed by atoms with Gasteiger partial charge in [0.25, 0.3) is 5.56 Å². The maximum Gasteiger partial charge on any atom is 0.264 e. The molecular formula is C19H20FN5O3. The average Bonchev–Trinajstić information content (AvgIpc) is 3.36. The molecule has 0 bridgehead atoms. The smallest absolute Gasteiger partial charge is 0.264 e. The van der Waals surface area contributed by atoms with Crippen LogP contribution in [0.25, 0.3) is 16.7 Å². The third kappa shape index (κ3) is 3.79. The molecule has 0 spiro atoms. The van der Waals surface area contributed by atoms with Crippen LogP contribution in [0, 0.1) is 5.82 Å². The topological polar surface area (TPSA) is 91.0 Å². The summed E-state index contributed by atoms with van der Waals surface area (Å²) in [5, 5.41) is 7.37. The van der Waals surface area contributed by atoms with Gasteiger partial charge in [0, 0.05) is 26.1 Å². The van der Waals surface area contributed by atoms with Crippen LogP contribution in [0.2, 0.25) is 0 Å². The molecule has 146 valence electrons. The first-order chi connectivity index (χ1) is 13.6. The van der Waals surface area contributed by atoms with Crippen LogP contribution < -0.4 is 10.9 Å². The van der Waals surface area contributed by atoms with Crippen LogP contribution in [0.4, 0.5) is 4.39 Å². The first-order valence-corrected chi connectivity index (χ1v) is 9.19. The molecule has 1 saturated heterocycles. The normalized spacial score (nSPS) is 16.5. The van der Waals surface area contributed by atoms with Gasteiger partial charge in [-0.15, -0.1) is 0 Å². The lowest BCUT2D eigenvalue weighted by Gasteiger charge is -2.11. The average molecular weight is 385 g/mol. The Morgan fingerprint density at radius 1 is 1.32 bits per heavy atom. The second kappa shape index (κ2) is 7.89. The highest BCUT2D eigenvalue weighted by Gasteiger charge is 2.16. The summed E-state index contributed by atoms with van der Waals surface area (Å²) >= 11 is 0. The van der Waals surface area contributed by atoms with Gasteiger partial charge in [0.2, 0.25) is 5.91 Å². The maximum atomic E-state index is 13.1. The van der Waals surface area contributed by atoms with E-state index in [2.05, 4.69) is 15.4 Å². The highest BCUT2D eigenvalue weighted by atomic mass is 19.1. The fraction of sp³-hybridized carbons (Fsp3) is 0.368. The molecule has 2 aromatic heterocycles. The number of halogens is 1. The lowest BCUT2D eigenvalue weighted by atomic mass is 10.2. The minimum Gasteiger partial charge on any atom is -0.376 e. The number of carbonyl (C=O) groups excluding carboxylic acids is 1. The molecule has 9 heteroatoms. The van der Waals surface area contributed by atoms with E-state index in [1.54, 1.807) is 12.1 Å². The van der Waals surface area contributed by atoms with Crippen molar-refractivity contribution in [3.63, 3.8) is 0 Å². The van der Waals surface area contributed by atoms with Gasteiger partial charge in [0.05, 0.1) is 24.3 Å². The summed E-state index contributed by atoms with van der Waals surface area (Å²) in [6, 6.07) is 5.76. The molecule has 1 N–H and O–H groups in total. The highest BCUT2D eigenvalue weighted by molar-refractivity contribution is 5.76. The van der Waals surface area contributed by atoms with E-state index in [1.807, 2.05) is 0 Å². The minimum absolute atomic E-state index is 0.0852. The summed E-state index contributed by atoms with van der Waals surface area (Å²) in [6.07, 6.45) is 5.07. The third-order valence-corrected chi connectivity index (χ3v) is 4.76. The Morgan fingerprint density at radius 3 is 2.89 bits per heavy atom. The van der Waals surface area contributed by atoms with Crippen molar-refractivity contribution >= 4 is 16.9 Å². The minimum atomic E-state index is -0.353. The van der Waals surface area contributed by atoms with Crippen LogP contribution in [0.15, 0.2) is 41.6 Å². The predicted molar refractivity (Wildman–Crippen MR) is 99.7 cm³/mol. The summed E-state index contributed by atoms with van der Waals surface area (Å²) in [7, 11) is 0. The lowest BCUT2D eigenvalue weighted by molar-refractivity contribution is -0.121. The van der Waals surface area contributed by atoms with Crippen LogP contribution in [-0.2, 0) is 16.1 Å². The van der Waals surface area contributed by atoms with Crippen molar-refractivity contribution in [3.8, 4) is 5.69 Å². The summed E-state index contributed by atoms with van der Waals surface area (Å²) < 4.78 is 21.5. The zero-order chi connectivity index (χ0) is 19.5. The molecule has 1 unspecified atom stereocenters. The largest absolute Gasteiger partial charge is 0.376 e. The van der Waals surface area contributed by atoms with Crippen molar-refractivity contribution in [2.24, 2.45) is 0 Å². The maximum absolute atomic E-state index is 13.1. The predicted octanol–water partition coefficient (Wildman–Crippen LogP) is 1.41. The molecule has 1 aliphatic heterocycles. The SMILES string of the molecule is O=C(CCn1cnc2c(cnn2-c2ccc(F)cc2)c1=O)NCC1CCCO1. The molecule has 1 atom stereocenters. The monoisotopic (exact) mass is 385 g/mol. The molecule has 8 nitrogen and oxygen atoms in total. The Labute approximate surface area is 159 Å². The Kier molecular flexibility index (Phi) is 5.16. The summed E-state index contributed by atoms with van der Waals surface area (Å²) in [5.41, 5.74) is 0.718. The zero-order valence-electron chi connectivity index (χ0n) is 15.2. The molecule has 1 fully saturated rings. The number of fused-ring (bicyclic) bond motifs is 1. The number of rotatable bonds is 6. The fourth-order valence-corrected chi connectivity index (χ4v) is 3.22. The van der Waals surface area contributed by atoms with Crippen molar-refractivity contribution in [1.29, 1.82) is 0 Å². The second-order valence-electron chi connectivity index (χ2n) is 6.70. The fourth-order valence-electron chi connectivity index (χ4n) is 3.22. The molecule has 0 aliphatic carbocycles. The molecule has 3 aromatic rings. The Morgan fingerprint density at radius 2 is 2.14 bits per heavy atom. The highest BCUT2D eigenvalue weighted by Crippen LogP contribution is 2.14. The van der Waals surface area contributed by atoms with Crippen molar-refractivity contribution < 1.29 is 13.9 Å². The van der Waals surface area contributed by atoms with E-state index in [9.17, 15) is 14.0 Å². The van der Waals surface area contributed by atoms with Gasteiger partial charge >= 0.3 is 0 Å². The second-order valence-corrected chi connectivity index (χ2v) is 6.70. The molecule has 0 saturated carbocycles. The first-order valence-electron chi connectivity index (χ1n) is 9.19. The summed E-state index contributed by atoms with van der Waals surface area (Å²) in [5.74, 6) is -0.488. The van der Waals surface area contributed by atoms with Gasteiger partial charge in [-0.05, 0) is 37.1 Å². The van der Waals surface area contributed by atoms with Crippen LogP contribution in [-0.4, -0.2) is 44.5 Å². The molecular weight excluding hydrogens is 365 g/mol. The van der Waals surface area contributed by atoms with E-state index in [0.717, 1.165) is 19.4 Å². The van der Waals surface area contributed by atoms with Crippen molar-refractivity contribution in [3.05, 3.63) is 53.0 Å². The number of ether oxygens (including phenoxy) is 1. The number of hydrogen-bond acceptors (Lipinski definition) is 5. The van der Waals surface area contributed by atoms with E-state index in [-0.39, 0.29) is 36.4 Å². The number of aromatic nitrogens is 4. The first kappa shape index (κ1) is 18.3. The number of nitrogens with zero attached hydrogens (tertiary/aromatic N) is 4. The molecule has 3 heterocycles. The van der Waals surface area contributed by atoms with Gasteiger partial charge in [-0.25, -0.2) is 14.1 Å². The van der Waals surface area contributed by atoms with Crippen molar-refractivity contribution in [1.82, 2.24) is 24.6 Å². The molecule has 28 heavy (non-hydrogen) atoms. The summed E-state index contributed by atoms with van der Waals surface area (Å²) in [4.78, 5) is 29.0. The van der Waals surface area contributed by atoms with E-state index in [1.165, 1.54) is 33.9 Å². The zero-order valence-corrected chi connectivity index (χ0v) is 15.2. The number of hydrogen-bond donors (Lipinski definition) is 1. The molecule has 1 amide bonds. The molecule has 4 rings (SSSR count). The number of benzene rings is 1. The van der Waals surface area contributed by atoms with Crippen LogP contribution >= 0.6 is 0 Å². The Hall–Kier alpha value is -3.07. The van der Waals surface area contributed by atoms with Crippen molar-refractivity contribution in [2.75, 3.05) is 13.2 Å². The van der Waals surface area contributed by atoms with Crippen molar-refractivity contribution in [2.45, 2.75) is 31.9 Å². The Bertz CT molecular complexity index is 1040. The lowest BCUT2D eigenvalue weighted by Crippen LogP contribution is -2.33. The number of amides is 1. The van der Waals surface area contributed by atoms with Gasteiger partial charge in [-0.1, -0.05) is 0 Å². The number of aryl methyl sites for hydroxylation is 1. The van der Waals surface area contributed by atoms with Gasteiger partial charge in [0.15, 0.2) is 5.65 Å². The van der Waals surface area contributed by atoms with E-state index < -0.39 is 0 Å². The van der Waals surface area contributed by atoms with Crippen LogP contribution in [0.1, 0.15) is 19.3 Å². The number of nitrogens with one attached hydrogen (secondary N) is 1. The van der Waals surface area contributed by atoms with Crippen LogP contribution in [0.5, 0.6) is 0 Å².